The van der Waals surface area contributed by atoms with Crippen LogP contribution in [0.25, 0.3) is 0 Å². The number of thiocarbonyl (C=S) groups is 1. The Labute approximate surface area is 154 Å². The molecule has 7 heteroatoms. The van der Waals surface area contributed by atoms with E-state index in [-0.39, 0.29) is 10.9 Å². The third kappa shape index (κ3) is 4.15. The van der Waals surface area contributed by atoms with Crippen LogP contribution in [0.2, 0.25) is 5.02 Å². The van der Waals surface area contributed by atoms with E-state index in [1.54, 1.807) is 24.3 Å². The Kier molecular flexibility index (Phi) is 5.59. The van der Waals surface area contributed by atoms with Gasteiger partial charge in [0, 0.05) is 13.6 Å². The van der Waals surface area contributed by atoms with E-state index in [1.165, 1.54) is 0 Å². The van der Waals surface area contributed by atoms with Gasteiger partial charge in [-0.3, -0.25) is 4.79 Å². The maximum absolute atomic E-state index is 12.3. The highest BCUT2D eigenvalue weighted by molar-refractivity contribution is 14.1. The first-order chi connectivity index (χ1) is 9.88. The third-order valence-electron chi connectivity index (χ3n) is 2.67. The van der Waals surface area contributed by atoms with Gasteiger partial charge in [0.15, 0.2) is 0 Å². The fourth-order valence-electron chi connectivity index (χ4n) is 1.63. The summed E-state index contributed by atoms with van der Waals surface area (Å²) < 4.78 is 1.69. The molecule has 0 saturated heterocycles. The van der Waals surface area contributed by atoms with Gasteiger partial charge in [-0.1, -0.05) is 39.7 Å². The molecule has 3 nitrogen and oxygen atoms in total. The molecule has 2 rings (SSSR count). The van der Waals surface area contributed by atoms with Crippen LogP contribution in [0.5, 0.6) is 0 Å². The predicted octanol–water partition coefficient (Wildman–Crippen LogP) is 4.59. The Morgan fingerprint density at radius 3 is 2.62 bits per heavy atom. The van der Waals surface area contributed by atoms with Crippen LogP contribution >= 0.6 is 62.3 Å². The summed E-state index contributed by atoms with van der Waals surface area (Å²) in [5, 5.41) is 3.17. The van der Waals surface area contributed by atoms with Gasteiger partial charge < -0.3 is 11.1 Å². The normalized spacial score (nSPS) is 10.2. The van der Waals surface area contributed by atoms with Crippen molar-refractivity contribution in [1.82, 2.24) is 0 Å². The van der Waals surface area contributed by atoms with Crippen molar-refractivity contribution < 1.29 is 4.79 Å². The van der Waals surface area contributed by atoms with Crippen molar-refractivity contribution in [3.05, 3.63) is 60.6 Å². The van der Waals surface area contributed by atoms with Crippen LogP contribution in [-0.4, -0.2) is 10.9 Å². The average molecular weight is 496 g/mol. The fourth-order valence-corrected chi connectivity index (χ4v) is 2.93. The van der Waals surface area contributed by atoms with Gasteiger partial charge in [-0.15, -0.1) is 0 Å². The minimum absolute atomic E-state index is 0.231. The van der Waals surface area contributed by atoms with E-state index in [2.05, 4.69) is 43.8 Å². The summed E-state index contributed by atoms with van der Waals surface area (Å²) in [6.45, 7) is 0. The molecule has 0 saturated carbocycles. The highest BCUT2D eigenvalue weighted by Gasteiger charge is 2.13. The first kappa shape index (κ1) is 16.7. The zero-order valence-corrected chi connectivity index (χ0v) is 15.8. The lowest BCUT2D eigenvalue weighted by Gasteiger charge is -2.10. The minimum atomic E-state index is -0.231. The van der Waals surface area contributed by atoms with Gasteiger partial charge in [0.25, 0.3) is 5.91 Å². The Balaban J connectivity index is 2.27. The Bertz CT molecular complexity index is 739. The number of amides is 1. The van der Waals surface area contributed by atoms with Gasteiger partial charge in [-0.05, 0) is 59.0 Å². The molecule has 0 aliphatic rings. The zero-order valence-electron chi connectivity index (χ0n) is 10.5. The molecule has 0 aliphatic heterocycles. The average Bonchev–Trinajstić information content (AvgIpc) is 2.43. The summed E-state index contributed by atoms with van der Waals surface area (Å²) >= 11 is 16.5. The zero-order chi connectivity index (χ0) is 15.6. The number of benzene rings is 2. The molecule has 2 aromatic rings. The van der Waals surface area contributed by atoms with Crippen LogP contribution in [0.1, 0.15) is 15.9 Å². The van der Waals surface area contributed by atoms with Crippen LogP contribution in [0.4, 0.5) is 5.69 Å². The van der Waals surface area contributed by atoms with Gasteiger partial charge in [0.05, 0.1) is 16.3 Å². The SMILES string of the molecule is NC(=S)c1ccc(NC(=O)c2cc(Br)ccc2I)c(Cl)c1. The van der Waals surface area contributed by atoms with Crippen LogP contribution in [0, 0.1) is 3.57 Å². The number of rotatable bonds is 3. The first-order valence-electron chi connectivity index (χ1n) is 5.74. The Morgan fingerprint density at radius 1 is 1.29 bits per heavy atom. The van der Waals surface area contributed by atoms with Crippen molar-refractivity contribution in [3.8, 4) is 0 Å². The highest BCUT2D eigenvalue weighted by Crippen LogP contribution is 2.25. The lowest BCUT2D eigenvalue weighted by atomic mass is 10.2. The lowest BCUT2D eigenvalue weighted by molar-refractivity contribution is 0.102. The maximum Gasteiger partial charge on any atom is 0.256 e. The summed E-state index contributed by atoms with van der Waals surface area (Å²) in [6, 6.07) is 10.5. The quantitative estimate of drug-likeness (QED) is 0.484. The number of hydrogen-bond donors (Lipinski definition) is 2. The third-order valence-corrected chi connectivity index (χ3v) is 4.66. The molecule has 3 N–H and O–H groups in total. The number of anilines is 1. The Morgan fingerprint density at radius 2 is 2.00 bits per heavy atom. The number of nitrogens with one attached hydrogen (secondary N) is 1. The van der Waals surface area contributed by atoms with Gasteiger partial charge in [0.2, 0.25) is 0 Å². The van der Waals surface area contributed by atoms with E-state index in [0.29, 0.717) is 21.8 Å². The Hall–Kier alpha value is -0.700. The second-order valence-electron chi connectivity index (χ2n) is 4.14. The molecule has 0 aromatic heterocycles. The van der Waals surface area contributed by atoms with Gasteiger partial charge in [0.1, 0.15) is 4.99 Å². The molecule has 21 heavy (non-hydrogen) atoms. The number of carbonyl (C=O) groups is 1. The van der Waals surface area contributed by atoms with Crippen molar-refractivity contribution in [2.24, 2.45) is 5.73 Å². The minimum Gasteiger partial charge on any atom is -0.389 e. The lowest BCUT2D eigenvalue weighted by Crippen LogP contribution is -2.14. The molecule has 0 spiro atoms. The van der Waals surface area contributed by atoms with Gasteiger partial charge in [-0.2, -0.15) is 0 Å². The largest absolute Gasteiger partial charge is 0.389 e. The molecule has 1 amide bonds. The summed E-state index contributed by atoms with van der Waals surface area (Å²) in [6.07, 6.45) is 0. The van der Waals surface area contributed by atoms with Crippen LogP contribution < -0.4 is 11.1 Å². The fraction of sp³-hybridized carbons (Fsp3) is 0. The molecule has 0 unspecified atom stereocenters. The van der Waals surface area contributed by atoms with Crippen LogP contribution in [0.15, 0.2) is 40.9 Å². The number of carbonyl (C=O) groups excluding carboxylic acids is 1. The van der Waals surface area contributed by atoms with Crippen molar-refractivity contribution in [1.29, 1.82) is 0 Å². The molecule has 0 heterocycles. The summed E-state index contributed by atoms with van der Waals surface area (Å²) in [5.74, 6) is -0.231. The molecular weight excluding hydrogens is 486 g/mol. The highest BCUT2D eigenvalue weighted by atomic mass is 127. The summed E-state index contributed by atoms with van der Waals surface area (Å²) in [5.41, 5.74) is 7.28. The molecule has 0 atom stereocenters. The topological polar surface area (TPSA) is 55.1 Å². The van der Waals surface area contributed by atoms with Crippen LogP contribution in [-0.2, 0) is 0 Å². The predicted molar refractivity (Wildman–Crippen MR) is 102 cm³/mol. The first-order valence-corrected chi connectivity index (χ1v) is 8.40. The molecule has 108 valence electrons. The van der Waals surface area contributed by atoms with E-state index in [1.807, 2.05) is 12.1 Å². The molecular formula is C14H9BrClIN2OS. The number of halogens is 3. The van der Waals surface area contributed by atoms with E-state index in [9.17, 15) is 4.79 Å². The van der Waals surface area contributed by atoms with E-state index in [4.69, 9.17) is 29.6 Å². The second kappa shape index (κ2) is 7.04. The van der Waals surface area contributed by atoms with Gasteiger partial charge in [-0.25, -0.2) is 0 Å². The van der Waals surface area contributed by atoms with Crippen molar-refractivity contribution >= 4 is 78.9 Å². The molecule has 0 fully saturated rings. The van der Waals surface area contributed by atoms with Crippen molar-refractivity contribution in [2.75, 3.05) is 5.32 Å². The standard InChI is InChI=1S/C14H9BrClIN2OS/c15-8-2-3-11(17)9(6-8)14(20)19-12-4-1-7(13(18)21)5-10(12)16/h1-6H,(H2,18,21)(H,19,20). The maximum atomic E-state index is 12.3. The molecule has 0 aliphatic carbocycles. The summed E-state index contributed by atoms with van der Waals surface area (Å²) in [7, 11) is 0. The van der Waals surface area contributed by atoms with Crippen molar-refractivity contribution in [2.45, 2.75) is 0 Å². The molecule has 0 radical (unpaired) electrons. The summed E-state index contributed by atoms with van der Waals surface area (Å²) in [4.78, 5) is 12.6. The second-order valence-corrected chi connectivity index (χ2v) is 7.06. The van der Waals surface area contributed by atoms with E-state index in [0.717, 1.165) is 8.04 Å². The van der Waals surface area contributed by atoms with Crippen LogP contribution in [0.3, 0.4) is 0 Å². The monoisotopic (exact) mass is 494 g/mol. The van der Waals surface area contributed by atoms with E-state index >= 15 is 0 Å². The number of nitrogens with two attached hydrogens (primary N) is 1. The van der Waals surface area contributed by atoms with E-state index < -0.39 is 0 Å². The van der Waals surface area contributed by atoms with Gasteiger partial charge >= 0.3 is 0 Å². The van der Waals surface area contributed by atoms with Crippen molar-refractivity contribution in [3.63, 3.8) is 0 Å². The molecule has 2 aromatic carbocycles. The molecule has 0 bridgehead atoms. The smallest absolute Gasteiger partial charge is 0.256 e. The number of hydrogen-bond acceptors (Lipinski definition) is 2.